The lowest BCUT2D eigenvalue weighted by atomic mass is 10.1. The van der Waals surface area contributed by atoms with Gasteiger partial charge in [0.05, 0.1) is 5.02 Å². The van der Waals surface area contributed by atoms with Crippen LogP contribution >= 0.6 is 11.6 Å². The van der Waals surface area contributed by atoms with Crippen molar-refractivity contribution in [3.63, 3.8) is 0 Å². The zero-order valence-electron chi connectivity index (χ0n) is 12.1. The predicted octanol–water partition coefficient (Wildman–Crippen LogP) is 2.32. The Balaban J connectivity index is 2.00. The van der Waals surface area contributed by atoms with Crippen LogP contribution in [0.3, 0.4) is 0 Å². The Labute approximate surface area is 125 Å². The molecule has 110 valence electrons. The van der Waals surface area contributed by atoms with Gasteiger partial charge in [-0.3, -0.25) is 4.79 Å². The highest BCUT2D eigenvalue weighted by molar-refractivity contribution is 6.32. The van der Waals surface area contributed by atoms with Crippen molar-refractivity contribution in [3.8, 4) is 5.75 Å². The summed E-state index contributed by atoms with van der Waals surface area (Å²) in [7, 11) is 0. The van der Waals surface area contributed by atoms with Gasteiger partial charge in [-0.25, -0.2) is 0 Å². The van der Waals surface area contributed by atoms with Crippen LogP contribution in [0.4, 0.5) is 0 Å². The second kappa shape index (κ2) is 6.46. The maximum Gasteiger partial charge on any atom is 0.263 e. The van der Waals surface area contributed by atoms with Crippen molar-refractivity contribution < 1.29 is 9.53 Å². The van der Waals surface area contributed by atoms with Gasteiger partial charge in [-0.05, 0) is 32.9 Å². The number of carbonyl (C=O) groups is 1. The van der Waals surface area contributed by atoms with Crippen LogP contribution in [-0.2, 0) is 4.79 Å². The van der Waals surface area contributed by atoms with E-state index in [0.717, 1.165) is 0 Å². The highest BCUT2D eigenvalue weighted by atomic mass is 35.5. The summed E-state index contributed by atoms with van der Waals surface area (Å²) in [5, 5.41) is 3.93. The van der Waals surface area contributed by atoms with Crippen molar-refractivity contribution in [2.75, 3.05) is 13.1 Å². The molecule has 0 radical (unpaired) electrons. The number of benzene rings is 1. The number of para-hydroxylation sites is 1. The molecule has 1 fully saturated rings. The van der Waals surface area contributed by atoms with Gasteiger partial charge in [-0.15, -0.1) is 0 Å². The molecule has 0 saturated carbocycles. The minimum Gasteiger partial charge on any atom is -0.479 e. The van der Waals surface area contributed by atoms with Crippen molar-refractivity contribution in [1.82, 2.24) is 10.2 Å². The SMILES string of the molecule is C[C@@H]1CN(C(=O)[C@H](C)Oc2ccccc2Cl)C[C@H](C)N1. The molecule has 1 aromatic rings. The van der Waals surface area contributed by atoms with E-state index in [-0.39, 0.29) is 5.91 Å². The smallest absolute Gasteiger partial charge is 0.263 e. The molecule has 0 bridgehead atoms. The van der Waals surface area contributed by atoms with E-state index in [2.05, 4.69) is 19.2 Å². The molecule has 1 amide bonds. The first kappa shape index (κ1) is 15.1. The third-order valence-electron chi connectivity index (χ3n) is 3.36. The van der Waals surface area contributed by atoms with E-state index >= 15 is 0 Å². The number of ether oxygens (including phenoxy) is 1. The van der Waals surface area contributed by atoms with Crippen LogP contribution in [0.15, 0.2) is 24.3 Å². The Morgan fingerprint density at radius 2 is 1.95 bits per heavy atom. The molecule has 1 aromatic carbocycles. The monoisotopic (exact) mass is 296 g/mol. The zero-order valence-corrected chi connectivity index (χ0v) is 12.9. The minimum absolute atomic E-state index is 0.00474. The average Bonchev–Trinajstić information content (AvgIpc) is 2.39. The van der Waals surface area contributed by atoms with Crippen molar-refractivity contribution in [2.45, 2.75) is 39.0 Å². The van der Waals surface area contributed by atoms with Crippen LogP contribution in [0.25, 0.3) is 0 Å². The molecule has 3 atom stereocenters. The van der Waals surface area contributed by atoms with E-state index in [1.807, 2.05) is 17.0 Å². The summed E-state index contributed by atoms with van der Waals surface area (Å²) in [6, 6.07) is 7.80. The lowest BCUT2D eigenvalue weighted by Crippen LogP contribution is -2.57. The van der Waals surface area contributed by atoms with E-state index in [1.165, 1.54) is 0 Å². The fourth-order valence-electron chi connectivity index (χ4n) is 2.55. The molecule has 1 aliphatic heterocycles. The first-order valence-corrected chi connectivity index (χ1v) is 7.31. The fourth-order valence-corrected chi connectivity index (χ4v) is 2.73. The highest BCUT2D eigenvalue weighted by Crippen LogP contribution is 2.24. The Morgan fingerprint density at radius 1 is 1.35 bits per heavy atom. The standard InChI is InChI=1S/C15H21ClN2O2/c1-10-8-18(9-11(2)17-10)15(19)12(3)20-14-7-5-4-6-13(14)16/h4-7,10-12,17H,8-9H2,1-3H3/t10-,11+,12-/m0/s1. The summed E-state index contributed by atoms with van der Waals surface area (Å²) in [5.74, 6) is 0.552. The summed E-state index contributed by atoms with van der Waals surface area (Å²) in [6.07, 6.45) is -0.535. The van der Waals surface area contributed by atoms with Gasteiger partial charge in [-0.1, -0.05) is 23.7 Å². The molecular weight excluding hydrogens is 276 g/mol. The van der Waals surface area contributed by atoms with Crippen LogP contribution in [0.1, 0.15) is 20.8 Å². The Hall–Kier alpha value is -1.26. The molecule has 0 aromatic heterocycles. The first-order chi connectivity index (χ1) is 9.47. The van der Waals surface area contributed by atoms with E-state index < -0.39 is 6.10 Å². The number of nitrogens with zero attached hydrogens (tertiary/aromatic N) is 1. The van der Waals surface area contributed by atoms with Gasteiger partial charge in [0.15, 0.2) is 6.10 Å². The van der Waals surface area contributed by atoms with Crippen LogP contribution in [-0.4, -0.2) is 42.1 Å². The molecule has 20 heavy (non-hydrogen) atoms. The number of hydrogen-bond donors (Lipinski definition) is 1. The quantitative estimate of drug-likeness (QED) is 0.931. The Morgan fingerprint density at radius 3 is 2.55 bits per heavy atom. The summed E-state index contributed by atoms with van der Waals surface area (Å²) in [6.45, 7) is 7.34. The van der Waals surface area contributed by atoms with Crippen molar-refractivity contribution >= 4 is 17.5 Å². The van der Waals surface area contributed by atoms with Gasteiger partial charge in [0.2, 0.25) is 0 Å². The molecule has 1 saturated heterocycles. The average molecular weight is 297 g/mol. The topological polar surface area (TPSA) is 41.6 Å². The number of nitrogens with one attached hydrogen (secondary N) is 1. The van der Waals surface area contributed by atoms with Crippen molar-refractivity contribution in [3.05, 3.63) is 29.3 Å². The number of amides is 1. The van der Waals surface area contributed by atoms with Crippen LogP contribution < -0.4 is 10.1 Å². The number of hydrogen-bond acceptors (Lipinski definition) is 3. The van der Waals surface area contributed by atoms with E-state index in [1.54, 1.807) is 19.1 Å². The van der Waals surface area contributed by atoms with Crippen LogP contribution in [0.5, 0.6) is 5.75 Å². The fraction of sp³-hybridized carbons (Fsp3) is 0.533. The van der Waals surface area contributed by atoms with Gasteiger partial charge in [0.25, 0.3) is 5.91 Å². The number of piperazine rings is 1. The molecule has 5 heteroatoms. The van der Waals surface area contributed by atoms with E-state index in [0.29, 0.717) is 35.9 Å². The van der Waals surface area contributed by atoms with Crippen molar-refractivity contribution in [2.24, 2.45) is 0 Å². The van der Waals surface area contributed by atoms with Crippen LogP contribution in [0.2, 0.25) is 5.02 Å². The molecule has 1 aliphatic rings. The van der Waals surface area contributed by atoms with E-state index in [9.17, 15) is 4.79 Å². The maximum atomic E-state index is 12.4. The van der Waals surface area contributed by atoms with Crippen molar-refractivity contribution in [1.29, 1.82) is 0 Å². The molecule has 4 nitrogen and oxygen atoms in total. The first-order valence-electron chi connectivity index (χ1n) is 6.93. The van der Waals surface area contributed by atoms with Crippen LogP contribution in [0, 0.1) is 0 Å². The minimum atomic E-state index is -0.535. The zero-order chi connectivity index (χ0) is 14.7. The molecule has 0 aliphatic carbocycles. The second-order valence-electron chi connectivity index (χ2n) is 5.40. The summed E-state index contributed by atoms with van der Waals surface area (Å²) < 4.78 is 5.69. The van der Waals surface area contributed by atoms with Gasteiger partial charge in [0, 0.05) is 25.2 Å². The third-order valence-corrected chi connectivity index (χ3v) is 3.67. The Bertz CT molecular complexity index is 471. The molecule has 1 heterocycles. The molecule has 0 spiro atoms. The summed E-state index contributed by atoms with van der Waals surface area (Å²) in [4.78, 5) is 14.3. The van der Waals surface area contributed by atoms with Gasteiger partial charge < -0.3 is 15.0 Å². The lowest BCUT2D eigenvalue weighted by Gasteiger charge is -2.37. The third kappa shape index (κ3) is 3.64. The highest BCUT2D eigenvalue weighted by Gasteiger charge is 2.28. The number of rotatable bonds is 3. The molecule has 2 rings (SSSR count). The normalized spacial score (nSPS) is 24.3. The summed E-state index contributed by atoms with van der Waals surface area (Å²) in [5.41, 5.74) is 0. The van der Waals surface area contributed by atoms with Gasteiger partial charge in [-0.2, -0.15) is 0 Å². The molecule has 0 unspecified atom stereocenters. The van der Waals surface area contributed by atoms with Gasteiger partial charge in [0.1, 0.15) is 5.75 Å². The molecule has 1 N–H and O–H groups in total. The lowest BCUT2D eigenvalue weighted by molar-refractivity contribution is -0.139. The Kier molecular flexibility index (Phi) is 4.89. The maximum absolute atomic E-state index is 12.4. The molecular formula is C15H21ClN2O2. The number of halogens is 1. The summed E-state index contributed by atoms with van der Waals surface area (Å²) >= 11 is 6.05. The largest absolute Gasteiger partial charge is 0.479 e. The van der Waals surface area contributed by atoms with Gasteiger partial charge >= 0.3 is 0 Å². The second-order valence-corrected chi connectivity index (χ2v) is 5.81. The number of carbonyl (C=O) groups excluding carboxylic acids is 1. The van der Waals surface area contributed by atoms with E-state index in [4.69, 9.17) is 16.3 Å². The predicted molar refractivity (Wildman–Crippen MR) is 80.2 cm³/mol.